The van der Waals surface area contributed by atoms with Crippen LogP contribution in [-0.4, -0.2) is 34.2 Å². The molecule has 0 saturated carbocycles. The number of aromatic nitrogens is 2. The minimum absolute atomic E-state index is 0.0329. The van der Waals surface area contributed by atoms with Crippen LogP contribution in [-0.2, 0) is 13.6 Å². The van der Waals surface area contributed by atoms with Crippen LogP contribution in [0.5, 0.6) is 5.75 Å². The maximum atomic E-state index is 13.1. The quantitative estimate of drug-likeness (QED) is 0.690. The van der Waals surface area contributed by atoms with Gasteiger partial charge < -0.3 is 9.64 Å². The minimum Gasteiger partial charge on any atom is -0.497 e. The first-order valence-electron chi connectivity index (χ1n) is 8.48. The largest absolute Gasteiger partial charge is 0.497 e. The Morgan fingerprint density at radius 1 is 1.16 bits per heavy atom. The summed E-state index contributed by atoms with van der Waals surface area (Å²) in [6, 6.07) is 15.6. The summed E-state index contributed by atoms with van der Waals surface area (Å²) in [7, 11) is 3.51. The summed E-state index contributed by atoms with van der Waals surface area (Å²) in [6.07, 6.45) is 0.895. The zero-order valence-electron chi connectivity index (χ0n) is 14.9. The highest BCUT2D eigenvalue weighted by molar-refractivity contribution is 6.04. The van der Waals surface area contributed by atoms with E-state index >= 15 is 0 Å². The normalized spacial score (nSPS) is 10.8. The lowest BCUT2D eigenvalue weighted by Crippen LogP contribution is -2.31. The van der Waals surface area contributed by atoms with Gasteiger partial charge in [-0.15, -0.1) is 0 Å². The molecule has 0 radical (unpaired) electrons. The molecule has 0 aliphatic heterocycles. The zero-order valence-corrected chi connectivity index (χ0v) is 14.9. The average molecular weight is 337 g/mol. The Bertz CT molecular complexity index is 868. The van der Waals surface area contributed by atoms with Crippen LogP contribution in [0.1, 0.15) is 29.4 Å². The van der Waals surface area contributed by atoms with Crippen LogP contribution in [0.25, 0.3) is 10.9 Å². The molecule has 0 aliphatic rings. The number of rotatable bonds is 6. The molecule has 0 aliphatic carbocycles. The smallest absolute Gasteiger partial charge is 0.275 e. The minimum atomic E-state index is -0.0329. The van der Waals surface area contributed by atoms with Gasteiger partial charge in [0.15, 0.2) is 5.69 Å². The van der Waals surface area contributed by atoms with E-state index in [2.05, 4.69) is 12.0 Å². The molecule has 1 heterocycles. The zero-order chi connectivity index (χ0) is 17.8. The maximum absolute atomic E-state index is 13.1. The van der Waals surface area contributed by atoms with Gasteiger partial charge in [-0.25, -0.2) is 0 Å². The Balaban J connectivity index is 1.89. The molecule has 0 atom stereocenters. The Hall–Kier alpha value is -2.82. The predicted octanol–water partition coefficient (Wildman–Crippen LogP) is 3.63. The van der Waals surface area contributed by atoms with Gasteiger partial charge in [0.25, 0.3) is 5.91 Å². The summed E-state index contributed by atoms with van der Waals surface area (Å²) in [5, 5.41) is 5.36. The summed E-state index contributed by atoms with van der Waals surface area (Å²) < 4.78 is 6.96. The molecule has 0 fully saturated rings. The highest BCUT2D eigenvalue weighted by atomic mass is 16.5. The fraction of sp³-hybridized carbons (Fsp3) is 0.300. The van der Waals surface area contributed by atoms with E-state index in [1.54, 1.807) is 11.8 Å². The molecule has 0 saturated heterocycles. The molecule has 0 N–H and O–H groups in total. The lowest BCUT2D eigenvalue weighted by molar-refractivity contribution is 0.0738. The van der Waals surface area contributed by atoms with Gasteiger partial charge in [-0.05, 0) is 30.2 Å². The molecule has 1 amide bonds. The molecular formula is C20H23N3O2. The molecule has 25 heavy (non-hydrogen) atoms. The van der Waals surface area contributed by atoms with Crippen LogP contribution in [0.3, 0.4) is 0 Å². The lowest BCUT2D eigenvalue weighted by atomic mass is 10.1. The fourth-order valence-corrected chi connectivity index (χ4v) is 3.00. The van der Waals surface area contributed by atoms with Crippen LogP contribution in [0.2, 0.25) is 0 Å². The van der Waals surface area contributed by atoms with Gasteiger partial charge in [0.2, 0.25) is 0 Å². The highest BCUT2D eigenvalue weighted by Crippen LogP contribution is 2.20. The summed E-state index contributed by atoms with van der Waals surface area (Å²) in [5.41, 5.74) is 2.55. The predicted molar refractivity (Wildman–Crippen MR) is 98.7 cm³/mol. The van der Waals surface area contributed by atoms with E-state index in [-0.39, 0.29) is 5.91 Å². The third-order valence-corrected chi connectivity index (χ3v) is 4.27. The summed E-state index contributed by atoms with van der Waals surface area (Å²) >= 11 is 0. The van der Waals surface area contributed by atoms with Crippen molar-refractivity contribution in [1.29, 1.82) is 0 Å². The average Bonchev–Trinajstić information content (AvgIpc) is 2.98. The molecule has 5 heteroatoms. The third-order valence-electron chi connectivity index (χ3n) is 4.27. The molecule has 5 nitrogen and oxygen atoms in total. The third kappa shape index (κ3) is 3.50. The number of aryl methyl sites for hydroxylation is 1. The van der Waals surface area contributed by atoms with Crippen molar-refractivity contribution >= 4 is 16.8 Å². The van der Waals surface area contributed by atoms with Crippen molar-refractivity contribution in [3.05, 3.63) is 59.8 Å². The van der Waals surface area contributed by atoms with Gasteiger partial charge in [0.05, 0.1) is 12.6 Å². The fourth-order valence-electron chi connectivity index (χ4n) is 3.00. The molecule has 130 valence electrons. The summed E-state index contributed by atoms with van der Waals surface area (Å²) in [4.78, 5) is 15.0. The molecular weight excluding hydrogens is 314 g/mol. The number of hydrogen-bond donors (Lipinski definition) is 0. The number of carbonyl (C=O) groups excluding carboxylic acids is 1. The highest BCUT2D eigenvalue weighted by Gasteiger charge is 2.21. The molecule has 2 aromatic carbocycles. The SMILES string of the molecule is CCCN(Cc1ccc(OC)cc1)C(=O)c1nn(C)c2ccccc12. The second-order valence-electron chi connectivity index (χ2n) is 6.06. The van der Waals surface area contributed by atoms with Crippen molar-refractivity contribution in [1.82, 2.24) is 14.7 Å². The van der Waals surface area contributed by atoms with Crippen molar-refractivity contribution in [3.63, 3.8) is 0 Å². The molecule has 0 spiro atoms. The summed E-state index contributed by atoms with van der Waals surface area (Å²) in [5.74, 6) is 0.780. The van der Waals surface area contributed by atoms with Crippen LogP contribution in [0, 0.1) is 0 Å². The van der Waals surface area contributed by atoms with Crippen LogP contribution < -0.4 is 4.74 Å². The number of hydrogen-bond acceptors (Lipinski definition) is 3. The first-order valence-corrected chi connectivity index (χ1v) is 8.48. The number of fused-ring (bicyclic) bond motifs is 1. The number of amides is 1. The molecule has 1 aromatic heterocycles. The first-order chi connectivity index (χ1) is 12.1. The number of ether oxygens (including phenoxy) is 1. The van der Waals surface area contributed by atoms with E-state index in [1.807, 2.05) is 60.5 Å². The standard InChI is InChI=1S/C20H23N3O2/c1-4-13-23(14-15-9-11-16(25-3)12-10-15)20(24)19-17-7-5-6-8-18(17)22(2)21-19/h5-12H,4,13-14H2,1-3H3. The number of methoxy groups -OCH3 is 1. The van der Waals surface area contributed by atoms with Crippen molar-refractivity contribution in [2.24, 2.45) is 7.05 Å². The van der Waals surface area contributed by atoms with Crippen LogP contribution in [0.4, 0.5) is 0 Å². The molecule has 3 rings (SSSR count). The second-order valence-corrected chi connectivity index (χ2v) is 6.06. The van der Waals surface area contributed by atoms with Crippen molar-refractivity contribution in [3.8, 4) is 5.75 Å². The Kier molecular flexibility index (Phi) is 5.03. The van der Waals surface area contributed by atoms with Gasteiger partial charge in [-0.1, -0.05) is 37.3 Å². The van der Waals surface area contributed by atoms with E-state index in [9.17, 15) is 4.79 Å². The van der Waals surface area contributed by atoms with E-state index in [0.717, 1.165) is 28.6 Å². The van der Waals surface area contributed by atoms with Crippen LogP contribution >= 0.6 is 0 Å². The maximum Gasteiger partial charge on any atom is 0.275 e. The van der Waals surface area contributed by atoms with Crippen molar-refractivity contribution in [2.75, 3.05) is 13.7 Å². The van der Waals surface area contributed by atoms with Gasteiger partial charge in [-0.3, -0.25) is 9.48 Å². The van der Waals surface area contributed by atoms with Gasteiger partial charge >= 0.3 is 0 Å². The van der Waals surface area contributed by atoms with E-state index in [4.69, 9.17) is 4.74 Å². The monoisotopic (exact) mass is 337 g/mol. The van der Waals surface area contributed by atoms with E-state index in [0.29, 0.717) is 18.8 Å². The number of carbonyl (C=O) groups is 1. The van der Waals surface area contributed by atoms with Gasteiger partial charge in [0.1, 0.15) is 5.75 Å². The molecule has 0 bridgehead atoms. The number of para-hydroxylation sites is 1. The van der Waals surface area contributed by atoms with Crippen molar-refractivity contribution < 1.29 is 9.53 Å². The summed E-state index contributed by atoms with van der Waals surface area (Å²) in [6.45, 7) is 3.32. The number of nitrogens with zero attached hydrogens (tertiary/aromatic N) is 3. The first kappa shape index (κ1) is 17.0. The molecule has 3 aromatic rings. The number of benzene rings is 2. The van der Waals surface area contributed by atoms with E-state index < -0.39 is 0 Å². The topological polar surface area (TPSA) is 47.4 Å². The molecule has 0 unspecified atom stereocenters. The van der Waals surface area contributed by atoms with Gasteiger partial charge in [0, 0.05) is 25.5 Å². The Labute approximate surface area is 147 Å². The Morgan fingerprint density at radius 2 is 1.88 bits per heavy atom. The van der Waals surface area contributed by atoms with Crippen molar-refractivity contribution in [2.45, 2.75) is 19.9 Å². The Morgan fingerprint density at radius 3 is 2.56 bits per heavy atom. The van der Waals surface area contributed by atoms with Gasteiger partial charge in [-0.2, -0.15) is 5.10 Å². The second kappa shape index (κ2) is 7.38. The van der Waals surface area contributed by atoms with E-state index in [1.165, 1.54) is 0 Å². The van der Waals surface area contributed by atoms with Crippen LogP contribution in [0.15, 0.2) is 48.5 Å². The lowest BCUT2D eigenvalue weighted by Gasteiger charge is -2.21.